The molecule has 214 valence electrons. The number of alkyl halides is 1. The van der Waals surface area contributed by atoms with Gasteiger partial charge in [0.1, 0.15) is 18.1 Å². The molecule has 1 aliphatic carbocycles. The number of fused-ring (bicyclic) bond motifs is 2. The van der Waals surface area contributed by atoms with E-state index in [1.165, 1.54) is 23.2 Å². The molecule has 0 bridgehead atoms. The van der Waals surface area contributed by atoms with Crippen LogP contribution < -0.4 is 25.6 Å². The van der Waals surface area contributed by atoms with Gasteiger partial charge in [-0.05, 0) is 63.7 Å². The molecule has 40 heavy (non-hydrogen) atoms. The molecule has 3 N–H and O–H groups in total. The van der Waals surface area contributed by atoms with Gasteiger partial charge in [0.05, 0.1) is 18.8 Å². The fourth-order valence-corrected chi connectivity index (χ4v) is 4.87. The van der Waals surface area contributed by atoms with Crippen LogP contribution >= 0.6 is 0 Å². The molecule has 5 rings (SSSR count). The molecule has 4 atom stereocenters. The molecule has 12 nitrogen and oxygen atoms in total. The average molecular weight is 560 g/mol. The molecular formula is C26H31F2N7O5. The number of carbonyl (C=O) groups is 3. The van der Waals surface area contributed by atoms with Gasteiger partial charge in [0, 0.05) is 18.2 Å². The Balaban J connectivity index is 1.11. The van der Waals surface area contributed by atoms with Crippen molar-refractivity contribution in [3.8, 4) is 5.88 Å². The van der Waals surface area contributed by atoms with Crippen molar-refractivity contribution in [2.45, 2.75) is 38.1 Å². The van der Waals surface area contributed by atoms with Gasteiger partial charge in [0.15, 0.2) is 18.2 Å². The van der Waals surface area contributed by atoms with E-state index in [1.54, 1.807) is 25.9 Å². The van der Waals surface area contributed by atoms with Gasteiger partial charge < -0.3 is 25.4 Å². The van der Waals surface area contributed by atoms with Crippen LogP contribution in [0.2, 0.25) is 0 Å². The maximum absolute atomic E-state index is 15.3. The van der Waals surface area contributed by atoms with Crippen LogP contribution in [0, 0.1) is 11.7 Å². The van der Waals surface area contributed by atoms with Crippen molar-refractivity contribution in [1.29, 1.82) is 0 Å². The summed E-state index contributed by atoms with van der Waals surface area (Å²) in [7, 11) is 3.52. The van der Waals surface area contributed by atoms with Crippen molar-refractivity contribution in [2.75, 3.05) is 55.9 Å². The Hall–Kier alpha value is -3.91. The number of nitrogens with zero attached hydrogens (tertiary/aromatic N) is 4. The molecule has 1 aromatic carbocycles. The number of halogens is 2. The second-order valence-electron chi connectivity index (χ2n) is 10.3. The van der Waals surface area contributed by atoms with Gasteiger partial charge in [-0.25, -0.2) is 23.5 Å². The summed E-state index contributed by atoms with van der Waals surface area (Å²) in [5, 5.41) is 8.41. The molecule has 3 amide bonds. The monoisotopic (exact) mass is 559 g/mol. The average Bonchev–Trinajstić information content (AvgIpc) is 3.45. The number of aromatic nitrogens is 2. The van der Waals surface area contributed by atoms with Gasteiger partial charge in [0.25, 0.3) is 11.8 Å². The highest BCUT2D eigenvalue weighted by atomic mass is 19.1. The smallest absolute Gasteiger partial charge is 0.415 e. The third-order valence-corrected chi connectivity index (χ3v) is 7.35. The molecule has 3 heterocycles. The van der Waals surface area contributed by atoms with E-state index in [-0.39, 0.29) is 60.2 Å². The van der Waals surface area contributed by atoms with Gasteiger partial charge in [-0.1, -0.05) is 0 Å². The maximum atomic E-state index is 15.3. The first-order chi connectivity index (χ1) is 19.1. The number of benzene rings is 1. The van der Waals surface area contributed by atoms with Crippen molar-refractivity contribution < 1.29 is 32.6 Å². The first kappa shape index (κ1) is 27.6. The highest BCUT2D eigenvalue weighted by molar-refractivity contribution is 5.95. The summed E-state index contributed by atoms with van der Waals surface area (Å²) in [4.78, 5) is 47.7. The molecule has 3 aliphatic rings. The van der Waals surface area contributed by atoms with Crippen LogP contribution in [-0.4, -0.2) is 85.3 Å². The molecule has 1 saturated heterocycles. The van der Waals surface area contributed by atoms with E-state index in [1.807, 2.05) is 0 Å². The van der Waals surface area contributed by atoms with E-state index >= 15 is 4.39 Å². The lowest BCUT2D eigenvalue weighted by atomic mass is 10.0. The van der Waals surface area contributed by atoms with E-state index in [4.69, 9.17) is 9.47 Å². The largest absolute Gasteiger partial charge is 0.465 e. The molecule has 1 fully saturated rings. The molecule has 2 aliphatic heterocycles. The second-order valence-corrected chi connectivity index (χ2v) is 10.3. The van der Waals surface area contributed by atoms with E-state index in [0.29, 0.717) is 25.1 Å². The lowest BCUT2D eigenvalue weighted by Crippen LogP contribution is -2.37. The van der Waals surface area contributed by atoms with Crippen LogP contribution in [-0.2, 0) is 20.7 Å². The van der Waals surface area contributed by atoms with Crippen LogP contribution in [0.5, 0.6) is 5.88 Å². The van der Waals surface area contributed by atoms with Gasteiger partial charge in [-0.3, -0.25) is 19.4 Å². The van der Waals surface area contributed by atoms with E-state index in [9.17, 15) is 18.8 Å². The van der Waals surface area contributed by atoms with Gasteiger partial charge in [-0.15, -0.1) is 0 Å². The summed E-state index contributed by atoms with van der Waals surface area (Å²) in [6, 6.07) is 2.32. The zero-order valence-electron chi connectivity index (χ0n) is 22.4. The number of cyclic esters (lactones) is 1. The fraction of sp³-hybridized carbons (Fsp3) is 0.500. The first-order valence-electron chi connectivity index (χ1n) is 13.0. The Labute approximate surface area is 229 Å². The lowest BCUT2D eigenvalue weighted by molar-refractivity contribution is -0.120. The minimum absolute atomic E-state index is 0.138. The third kappa shape index (κ3) is 5.68. The topological polar surface area (TPSA) is 138 Å². The Bertz CT molecular complexity index is 1330. The number of rotatable bonds is 9. The molecule has 0 saturated carbocycles. The van der Waals surface area contributed by atoms with Gasteiger partial charge in [0.2, 0.25) is 5.91 Å². The zero-order chi connectivity index (χ0) is 28.6. The number of hydrogen-bond acceptors (Lipinski definition) is 9. The van der Waals surface area contributed by atoms with Crippen molar-refractivity contribution in [1.82, 2.24) is 20.2 Å². The number of carbonyl (C=O) groups excluding carboxylic acids is 3. The molecular weight excluding hydrogens is 528 g/mol. The van der Waals surface area contributed by atoms with Crippen molar-refractivity contribution in [2.24, 2.45) is 5.92 Å². The van der Waals surface area contributed by atoms with E-state index in [0.717, 1.165) is 0 Å². The minimum atomic E-state index is -1.38. The van der Waals surface area contributed by atoms with Crippen molar-refractivity contribution in [3.05, 3.63) is 35.3 Å². The van der Waals surface area contributed by atoms with Gasteiger partial charge >= 0.3 is 6.09 Å². The van der Waals surface area contributed by atoms with E-state index in [2.05, 4.69) is 25.9 Å². The SMILES string of the molecule is C[C@H](C(=O)Nc1cc(F)c2c(c1)C(F)C(CNCC[C@@H]1CN(c3cnc4c(n3)NC(=O)CO4)C(=O)O1)C2)N(C)C. The summed E-state index contributed by atoms with van der Waals surface area (Å²) in [5.41, 5.74) is 0.816. The Morgan fingerprint density at radius 1 is 1.32 bits per heavy atom. The summed E-state index contributed by atoms with van der Waals surface area (Å²) in [6.07, 6.45) is -0.329. The van der Waals surface area contributed by atoms with Crippen LogP contribution in [0.1, 0.15) is 30.6 Å². The second kappa shape index (κ2) is 11.3. The number of hydrogen-bond donors (Lipinski definition) is 3. The standard InChI is InChI=1S/C26H31F2N7O5/c1-13(34(2)3)24(37)31-15-7-18-17(19(27)8-15)6-14(22(18)28)9-29-5-4-16-11-35(26(38)40-16)20-10-30-25-23(32-20)33-21(36)12-39-25/h7-8,10,13-14,16,22,29H,4-6,9,11-12H2,1-3H3,(H,31,37)(H,32,33,36)/t13-,14?,16-,22?/m1/s1. The van der Waals surface area contributed by atoms with Crippen LogP contribution in [0.15, 0.2) is 18.3 Å². The van der Waals surface area contributed by atoms with Crippen LogP contribution in [0.3, 0.4) is 0 Å². The molecule has 14 heteroatoms. The predicted molar refractivity (Wildman–Crippen MR) is 140 cm³/mol. The molecule has 0 spiro atoms. The summed E-state index contributed by atoms with van der Waals surface area (Å²) < 4.78 is 40.7. The number of anilines is 3. The molecule has 0 radical (unpaired) electrons. The predicted octanol–water partition coefficient (Wildman–Crippen LogP) is 2.02. The zero-order valence-corrected chi connectivity index (χ0v) is 22.4. The Kier molecular flexibility index (Phi) is 7.81. The summed E-state index contributed by atoms with van der Waals surface area (Å²) >= 11 is 0. The van der Waals surface area contributed by atoms with Gasteiger partial charge in [-0.2, -0.15) is 0 Å². The van der Waals surface area contributed by atoms with Crippen LogP contribution in [0.25, 0.3) is 0 Å². The third-order valence-electron chi connectivity index (χ3n) is 7.35. The highest BCUT2D eigenvalue weighted by Gasteiger charge is 2.36. The number of amides is 3. The number of likely N-dealkylation sites (N-methyl/N-ethyl adjacent to an activating group) is 1. The first-order valence-corrected chi connectivity index (χ1v) is 13.0. The van der Waals surface area contributed by atoms with Crippen LogP contribution in [0.4, 0.5) is 30.9 Å². The summed E-state index contributed by atoms with van der Waals surface area (Å²) in [6.45, 7) is 2.55. The maximum Gasteiger partial charge on any atom is 0.415 e. The van der Waals surface area contributed by atoms with Crippen molar-refractivity contribution in [3.63, 3.8) is 0 Å². The fourth-order valence-electron chi connectivity index (χ4n) is 4.87. The quantitative estimate of drug-likeness (QED) is 0.394. The molecule has 2 unspecified atom stereocenters. The Morgan fingerprint density at radius 2 is 2.12 bits per heavy atom. The Morgan fingerprint density at radius 3 is 2.90 bits per heavy atom. The van der Waals surface area contributed by atoms with E-state index < -0.39 is 36.1 Å². The molecule has 1 aromatic heterocycles. The highest BCUT2D eigenvalue weighted by Crippen LogP contribution is 2.41. The number of ether oxygens (including phenoxy) is 2. The summed E-state index contributed by atoms with van der Waals surface area (Å²) in [5.74, 6) is -1.13. The molecule has 2 aromatic rings. The minimum Gasteiger partial charge on any atom is -0.465 e. The lowest BCUT2D eigenvalue weighted by Gasteiger charge is -2.19. The van der Waals surface area contributed by atoms with Crippen molar-refractivity contribution >= 4 is 35.2 Å². The number of nitrogens with one attached hydrogen (secondary N) is 3. The normalized spacial score (nSPS) is 22.4.